The van der Waals surface area contributed by atoms with Crippen molar-refractivity contribution in [2.24, 2.45) is 5.73 Å². The minimum Gasteiger partial charge on any atom is -0.488 e. The zero-order valence-electron chi connectivity index (χ0n) is 13.9. The van der Waals surface area contributed by atoms with Crippen LogP contribution in [0.3, 0.4) is 0 Å². The van der Waals surface area contributed by atoms with Crippen molar-refractivity contribution >= 4 is 5.91 Å². The molecule has 5 nitrogen and oxygen atoms in total. The van der Waals surface area contributed by atoms with Gasteiger partial charge in [-0.15, -0.1) is 0 Å². The molecule has 0 saturated carbocycles. The molecular weight excluding hydrogens is 321 g/mol. The van der Waals surface area contributed by atoms with Crippen LogP contribution in [0.2, 0.25) is 0 Å². The van der Waals surface area contributed by atoms with E-state index in [0.29, 0.717) is 35.5 Å². The molecule has 0 aliphatic carbocycles. The van der Waals surface area contributed by atoms with E-state index < -0.39 is 0 Å². The van der Waals surface area contributed by atoms with E-state index in [9.17, 15) is 9.18 Å². The summed E-state index contributed by atoms with van der Waals surface area (Å²) in [7, 11) is 0. The average molecular weight is 341 g/mol. The van der Waals surface area contributed by atoms with E-state index in [1.165, 1.54) is 12.1 Å². The van der Waals surface area contributed by atoms with Crippen LogP contribution in [0.4, 0.5) is 4.39 Å². The number of benzene rings is 1. The molecule has 1 atom stereocenters. The fraction of sp³-hybridized carbons (Fsp3) is 0.368. The van der Waals surface area contributed by atoms with Gasteiger partial charge in [0, 0.05) is 48.9 Å². The topological polar surface area (TPSA) is 68.5 Å². The summed E-state index contributed by atoms with van der Waals surface area (Å²) in [4.78, 5) is 18.8. The number of likely N-dealkylation sites (tertiary alicyclic amines) is 1. The maximum absolute atomic E-state index is 14.1. The van der Waals surface area contributed by atoms with Crippen LogP contribution in [-0.2, 0) is 6.42 Å². The smallest absolute Gasteiger partial charge is 0.253 e. The van der Waals surface area contributed by atoms with Crippen LogP contribution in [0.1, 0.15) is 28.8 Å². The van der Waals surface area contributed by atoms with E-state index in [1.54, 1.807) is 18.3 Å². The van der Waals surface area contributed by atoms with E-state index in [1.807, 2.05) is 4.90 Å². The van der Waals surface area contributed by atoms with Crippen molar-refractivity contribution in [3.8, 4) is 17.0 Å². The molecule has 2 N–H and O–H groups in total. The summed E-state index contributed by atoms with van der Waals surface area (Å²) in [5, 5.41) is 0. The number of rotatable bonds is 3. The molecule has 25 heavy (non-hydrogen) atoms. The van der Waals surface area contributed by atoms with Gasteiger partial charge in [0.25, 0.3) is 5.91 Å². The number of fused-ring (bicyclic) bond motifs is 1. The number of hydrogen-bond donors (Lipinski definition) is 1. The first-order valence-corrected chi connectivity index (χ1v) is 8.60. The largest absolute Gasteiger partial charge is 0.488 e. The van der Waals surface area contributed by atoms with Gasteiger partial charge in [0.2, 0.25) is 0 Å². The Morgan fingerprint density at radius 3 is 2.88 bits per heavy atom. The molecule has 2 aliphatic rings. The van der Waals surface area contributed by atoms with Crippen LogP contribution >= 0.6 is 0 Å². The Bertz CT molecular complexity index is 818. The lowest BCUT2D eigenvalue weighted by Gasteiger charge is -2.16. The molecule has 1 aromatic carbocycles. The number of halogens is 1. The lowest BCUT2D eigenvalue weighted by Crippen LogP contribution is -2.27. The van der Waals surface area contributed by atoms with E-state index in [2.05, 4.69) is 4.98 Å². The van der Waals surface area contributed by atoms with Crippen LogP contribution in [0.15, 0.2) is 30.5 Å². The van der Waals surface area contributed by atoms with Crippen LogP contribution < -0.4 is 10.5 Å². The summed E-state index contributed by atoms with van der Waals surface area (Å²) in [5.41, 5.74) is 8.16. The third-order valence-electron chi connectivity index (χ3n) is 4.80. The number of carbonyl (C=O) groups excluding carboxylic acids is 1. The van der Waals surface area contributed by atoms with Gasteiger partial charge in [-0.1, -0.05) is 0 Å². The van der Waals surface area contributed by atoms with Crippen LogP contribution in [-0.4, -0.2) is 41.5 Å². The number of ether oxygens (including phenoxy) is 1. The number of amides is 1. The van der Waals surface area contributed by atoms with Gasteiger partial charge < -0.3 is 15.4 Å². The Hall–Kier alpha value is -2.47. The van der Waals surface area contributed by atoms with E-state index in [4.69, 9.17) is 10.5 Å². The standard InChI is InChI=1S/C19H20FN3O2/c20-14-7-13-8-15(11-21)25-18(13)16(10-14)17-9-12(3-4-22-17)19(24)23-5-1-2-6-23/h3-4,7,9-10,15H,1-2,5-6,8,11,21H2. The fourth-order valence-electron chi connectivity index (χ4n) is 3.53. The Labute approximate surface area is 145 Å². The highest BCUT2D eigenvalue weighted by atomic mass is 19.1. The van der Waals surface area contributed by atoms with Crippen LogP contribution in [0.5, 0.6) is 5.75 Å². The van der Waals surface area contributed by atoms with E-state index >= 15 is 0 Å². The van der Waals surface area contributed by atoms with Crippen molar-refractivity contribution in [2.75, 3.05) is 19.6 Å². The summed E-state index contributed by atoms with van der Waals surface area (Å²) in [5.74, 6) is 0.276. The minimum absolute atomic E-state index is 0.00467. The molecule has 1 amide bonds. The van der Waals surface area contributed by atoms with Gasteiger partial charge >= 0.3 is 0 Å². The molecule has 0 spiro atoms. The van der Waals surface area contributed by atoms with Crippen molar-refractivity contribution in [2.45, 2.75) is 25.4 Å². The molecule has 6 heteroatoms. The van der Waals surface area contributed by atoms with Gasteiger partial charge in [0.15, 0.2) is 0 Å². The lowest BCUT2D eigenvalue weighted by atomic mass is 10.0. The second-order valence-electron chi connectivity index (χ2n) is 6.55. The Morgan fingerprint density at radius 2 is 2.12 bits per heavy atom. The fourth-order valence-corrected chi connectivity index (χ4v) is 3.53. The zero-order chi connectivity index (χ0) is 17.4. The Balaban J connectivity index is 1.72. The maximum Gasteiger partial charge on any atom is 0.253 e. The van der Waals surface area contributed by atoms with Crippen LogP contribution in [0.25, 0.3) is 11.3 Å². The summed E-state index contributed by atoms with van der Waals surface area (Å²) >= 11 is 0. The predicted octanol–water partition coefficient (Wildman–Crippen LogP) is 2.39. The van der Waals surface area contributed by atoms with Crippen molar-refractivity contribution < 1.29 is 13.9 Å². The number of carbonyl (C=O) groups is 1. The highest BCUT2D eigenvalue weighted by Gasteiger charge is 2.27. The number of pyridine rings is 1. The molecule has 130 valence electrons. The monoisotopic (exact) mass is 341 g/mol. The summed E-state index contributed by atoms with van der Waals surface area (Å²) < 4.78 is 19.9. The third-order valence-corrected chi connectivity index (χ3v) is 4.80. The average Bonchev–Trinajstić information content (AvgIpc) is 3.29. The zero-order valence-corrected chi connectivity index (χ0v) is 13.9. The predicted molar refractivity (Wildman–Crippen MR) is 91.9 cm³/mol. The van der Waals surface area contributed by atoms with Gasteiger partial charge in [-0.25, -0.2) is 4.39 Å². The highest BCUT2D eigenvalue weighted by Crippen LogP contribution is 2.39. The van der Waals surface area contributed by atoms with Gasteiger partial charge in [-0.2, -0.15) is 0 Å². The lowest BCUT2D eigenvalue weighted by molar-refractivity contribution is 0.0792. The van der Waals surface area contributed by atoms with Crippen molar-refractivity contribution in [3.05, 3.63) is 47.4 Å². The molecule has 1 fully saturated rings. The van der Waals surface area contributed by atoms with Crippen molar-refractivity contribution in [3.63, 3.8) is 0 Å². The number of nitrogens with two attached hydrogens (primary N) is 1. The molecule has 1 aromatic heterocycles. The number of aromatic nitrogens is 1. The van der Waals surface area contributed by atoms with Gasteiger partial charge in [-0.05, 0) is 37.1 Å². The first-order chi connectivity index (χ1) is 12.2. The SMILES string of the molecule is NCC1Cc2cc(F)cc(-c3cc(C(=O)N4CCCC4)ccn3)c2O1. The molecule has 1 unspecified atom stereocenters. The normalized spacial score (nSPS) is 19.0. The quantitative estimate of drug-likeness (QED) is 0.931. The first kappa shape index (κ1) is 16.0. The number of hydrogen-bond acceptors (Lipinski definition) is 4. The second kappa shape index (κ2) is 6.44. The molecule has 0 radical (unpaired) electrons. The van der Waals surface area contributed by atoms with Gasteiger partial charge in [0.1, 0.15) is 17.7 Å². The van der Waals surface area contributed by atoms with E-state index in [-0.39, 0.29) is 17.8 Å². The Morgan fingerprint density at radius 1 is 1.32 bits per heavy atom. The molecule has 4 rings (SSSR count). The second-order valence-corrected chi connectivity index (χ2v) is 6.55. The van der Waals surface area contributed by atoms with Crippen molar-refractivity contribution in [1.29, 1.82) is 0 Å². The maximum atomic E-state index is 14.1. The molecule has 2 aromatic rings. The third kappa shape index (κ3) is 2.98. The summed E-state index contributed by atoms with van der Waals surface area (Å²) in [6, 6.07) is 6.31. The molecule has 3 heterocycles. The molecule has 0 bridgehead atoms. The van der Waals surface area contributed by atoms with Gasteiger partial charge in [-0.3, -0.25) is 9.78 Å². The minimum atomic E-state index is -0.340. The number of nitrogens with zero attached hydrogens (tertiary/aromatic N) is 2. The highest BCUT2D eigenvalue weighted by molar-refractivity contribution is 5.95. The molecule has 2 aliphatic heterocycles. The first-order valence-electron chi connectivity index (χ1n) is 8.60. The van der Waals surface area contributed by atoms with Crippen LogP contribution in [0, 0.1) is 5.82 Å². The van der Waals surface area contributed by atoms with Gasteiger partial charge in [0.05, 0.1) is 5.69 Å². The Kier molecular flexibility index (Phi) is 4.13. The van der Waals surface area contributed by atoms with Crippen molar-refractivity contribution in [1.82, 2.24) is 9.88 Å². The van der Waals surface area contributed by atoms with E-state index in [0.717, 1.165) is 31.5 Å². The summed E-state index contributed by atoms with van der Waals surface area (Å²) in [6.45, 7) is 1.94. The molecule has 1 saturated heterocycles. The molecular formula is C19H20FN3O2. The summed E-state index contributed by atoms with van der Waals surface area (Å²) in [6.07, 6.45) is 4.10.